The maximum absolute atomic E-state index is 11.9. The summed E-state index contributed by atoms with van der Waals surface area (Å²) < 4.78 is 5.48. The predicted molar refractivity (Wildman–Crippen MR) is 116 cm³/mol. The van der Waals surface area contributed by atoms with E-state index < -0.39 is 0 Å². The topological polar surface area (TPSA) is 58.6 Å². The molecule has 0 saturated carbocycles. The van der Waals surface area contributed by atoms with E-state index in [0.717, 1.165) is 50.3 Å². The second-order valence-electron chi connectivity index (χ2n) is 8.59. The highest BCUT2D eigenvalue weighted by Crippen LogP contribution is 2.48. The number of benzene rings is 1. The van der Waals surface area contributed by atoms with Crippen molar-refractivity contribution in [1.29, 1.82) is 0 Å². The first-order valence-corrected chi connectivity index (χ1v) is 10.8. The number of hydrogen-bond donors (Lipinski definition) is 0. The van der Waals surface area contributed by atoms with Crippen LogP contribution in [0.4, 0.5) is 5.82 Å². The van der Waals surface area contributed by atoms with Crippen LogP contribution in [0.1, 0.15) is 35.2 Å². The van der Waals surface area contributed by atoms with E-state index in [1.165, 1.54) is 29.2 Å². The SMILES string of the molecule is C=CC(=O)N1CCN(c2nc(OC)nc3c2CCC2(CCc4ccccc42)C3)CC1. The number of amides is 1. The molecule has 1 atom stereocenters. The van der Waals surface area contributed by atoms with Crippen LogP contribution in [-0.2, 0) is 29.5 Å². The van der Waals surface area contributed by atoms with Gasteiger partial charge in [-0.3, -0.25) is 4.79 Å². The molecular weight excluding hydrogens is 376 g/mol. The highest BCUT2D eigenvalue weighted by molar-refractivity contribution is 5.87. The van der Waals surface area contributed by atoms with Gasteiger partial charge in [-0.1, -0.05) is 30.8 Å². The Morgan fingerprint density at radius 1 is 1.13 bits per heavy atom. The summed E-state index contributed by atoms with van der Waals surface area (Å²) in [6.45, 7) is 6.50. The maximum Gasteiger partial charge on any atom is 0.318 e. The Labute approximate surface area is 177 Å². The number of hydrogen-bond acceptors (Lipinski definition) is 5. The van der Waals surface area contributed by atoms with Crippen molar-refractivity contribution in [2.45, 2.75) is 37.5 Å². The van der Waals surface area contributed by atoms with Gasteiger partial charge in [0, 0.05) is 37.2 Å². The highest BCUT2D eigenvalue weighted by atomic mass is 16.5. The van der Waals surface area contributed by atoms with Crippen molar-refractivity contribution in [2.75, 3.05) is 38.2 Å². The molecule has 0 radical (unpaired) electrons. The molecule has 5 rings (SSSR count). The zero-order chi connectivity index (χ0) is 20.7. The summed E-state index contributed by atoms with van der Waals surface area (Å²) in [7, 11) is 1.63. The van der Waals surface area contributed by atoms with E-state index in [1.54, 1.807) is 7.11 Å². The van der Waals surface area contributed by atoms with Gasteiger partial charge in [-0.25, -0.2) is 0 Å². The van der Waals surface area contributed by atoms with Crippen LogP contribution in [0.3, 0.4) is 0 Å². The van der Waals surface area contributed by atoms with Crippen LogP contribution in [0.15, 0.2) is 36.9 Å². The average Bonchev–Trinajstić information content (AvgIpc) is 3.15. The van der Waals surface area contributed by atoms with E-state index in [1.807, 2.05) is 4.90 Å². The van der Waals surface area contributed by atoms with Gasteiger partial charge >= 0.3 is 6.01 Å². The minimum absolute atomic E-state index is 0.00112. The van der Waals surface area contributed by atoms with Gasteiger partial charge in [0.05, 0.1) is 12.8 Å². The standard InChI is InChI=1S/C24H28N4O2/c1-3-21(29)27-12-14-28(15-13-27)22-18-9-11-24(16-20(18)25-23(26-22)30-2)10-8-17-6-4-5-7-19(17)24/h3-7H,1,8-16H2,2H3. The number of ether oxygens (including phenoxy) is 1. The van der Waals surface area contributed by atoms with Crippen molar-refractivity contribution in [1.82, 2.24) is 14.9 Å². The summed E-state index contributed by atoms with van der Waals surface area (Å²) >= 11 is 0. The number of aromatic nitrogens is 2. The maximum atomic E-state index is 11.9. The van der Waals surface area contributed by atoms with Crippen LogP contribution in [0.2, 0.25) is 0 Å². The molecular formula is C24H28N4O2. The Hall–Kier alpha value is -2.89. The Morgan fingerprint density at radius 2 is 1.90 bits per heavy atom. The third-order valence-electron chi connectivity index (χ3n) is 7.12. The average molecular weight is 405 g/mol. The van der Waals surface area contributed by atoms with Crippen molar-refractivity contribution in [3.05, 3.63) is 59.3 Å². The van der Waals surface area contributed by atoms with Crippen LogP contribution < -0.4 is 9.64 Å². The summed E-state index contributed by atoms with van der Waals surface area (Å²) in [6, 6.07) is 9.33. The summed E-state index contributed by atoms with van der Waals surface area (Å²) in [5, 5.41) is 0. The molecule has 2 aromatic rings. The van der Waals surface area contributed by atoms with Gasteiger partial charge in [0.15, 0.2) is 0 Å². The van der Waals surface area contributed by atoms with Crippen LogP contribution >= 0.6 is 0 Å². The van der Waals surface area contributed by atoms with Crippen molar-refractivity contribution < 1.29 is 9.53 Å². The van der Waals surface area contributed by atoms with Crippen molar-refractivity contribution in [2.24, 2.45) is 0 Å². The molecule has 6 heteroatoms. The minimum atomic E-state index is -0.00112. The lowest BCUT2D eigenvalue weighted by atomic mass is 9.69. The van der Waals surface area contributed by atoms with Crippen molar-refractivity contribution in [3.63, 3.8) is 0 Å². The Kier molecular flexibility index (Phi) is 4.72. The molecule has 1 spiro atoms. The number of nitrogens with zero attached hydrogens (tertiary/aromatic N) is 4. The molecule has 6 nitrogen and oxygen atoms in total. The molecule has 1 aromatic heterocycles. The molecule has 1 saturated heterocycles. The summed E-state index contributed by atoms with van der Waals surface area (Å²) in [4.78, 5) is 25.6. The lowest BCUT2D eigenvalue weighted by Gasteiger charge is -2.39. The third kappa shape index (κ3) is 3.06. The number of fused-ring (bicyclic) bond motifs is 3. The van der Waals surface area contributed by atoms with Crippen molar-refractivity contribution in [3.8, 4) is 6.01 Å². The first-order chi connectivity index (χ1) is 14.6. The number of methoxy groups -OCH3 is 1. The van der Waals surface area contributed by atoms with Gasteiger partial charge in [0.1, 0.15) is 5.82 Å². The second-order valence-corrected chi connectivity index (χ2v) is 8.59. The van der Waals surface area contributed by atoms with E-state index in [9.17, 15) is 4.79 Å². The minimum Gasteiger partial charge on any atom is -0.467 e. The fraction of sp³-hybridized carbons (Fsp3) is 0.458. The molecule has 1 aliphatic heterocycles. The summed E-state index contributed by atoms with van der Waals surface area (Å²) in [5.41, 5.74) is 5.57. The normalized spacial score (nSPS) is 22.6. The van der Waals surface area contributed by atoms with Gasteiger partial charge in [-0.05, 0) is 49.3 Å². The van der Waals surface area contributed by atoms with Gasteiger partial charge in [-0.15, -0.1) is 0 Å². The summed E-state index contributed by atoms with van der Waals surface area (Å²) in [6.07, 6.45) is 6.79. The van der Waals surface area contributed by atoms with Crippen LogP contribution in [0.25, 0.3) is 0 Å². The largest absolute Gasteiger partial charge is 0.467 e. The molecule has 3 aliphatic rings. The number of piperazine rings is 1. The number of aryl methyl sites for hydroxylation is 1. The monoisotopic (exact) mass is 404 g/mol. The predicted octanol–water partition coefficient (Wildman–Crippen LogP) is 2.69. The number of rotatable bonds is 3. The van der Waals surface area contributed by atoms with Crippen LogP contribution in [0.5, 0.6) is 6.01 Å². The fourth-order valence-electron chi connectivity index (χ4n) is 5.50. The molecule has 30 heavy (non-hydrogen) atoms. The molecule has 1 fully saturated rings. The van der Waals surface area contributed by atoms with Crippen LogP contribution in [0, 0.1) is 0 Å². The number of carbonyl (C=O) groups excluding carboxylic acids is 1. The molecule has 0 N–H and O–H groups in total. The molecule has 1 amide bonds. The first kappa shape index (κ1) is 19.1. The second kappa shape index (κ2) is 7.42. The van der Waals surface area contributed by atoms with E-state index in [2.05, 4.69) is 35.7 Å². The van der Waals surface area contributed by atoms with E-state index in [-0.39, 0.29) is 11.3 Å². The molecule has 1 aromatic carbocycles. The molecule has 1 unspecified atom stereocenters. The highest BCUT2D eigenvalue weighted by Gasteiger charge is 2.43. The van der Waals surface area contributed by atoms with E-state index in [4.69, 9.17) is 14.7 Å². The lowest BCUT2D eigenvalue weighted by Crippen LogP contribution is -2.49. The van der Waals surface area contributed by atoms with Crippen molar-refractivity contribution >= 4 is 11.7 Å². The van der Waals surface area contributed by atoms with Crippen LogP contribution in [-0.4, -0.2) is 54.1 Å². The Balaban J connectivity index is 1.46. The zero-order valence-electron chi connectivity index (χ0n) is 17.6. The Morgan fingerprint density at radius 3 is 2.67 bits per heavy atom. The van der Waals surface area contributed by atoms with Gasteiger partial charge in [0.2, 0.25) is 5.91 Å². The van der Waals surface area contributed by atoms with E-state index >= 15 is 0 Å². The number of carbonyl (C=O) groups is 1. The third-order valence-corrected chi connectivity index (χ3v) is 7.12. The quantitative estimate of drug-likeness (QED) is 0.737. The lowest BCUT2D eigenvalue weighted by molar-refractivity contribution is -0.126. The summed E-state index contributed by atoms with van der Waals surface area (Å²) in [5.74, 6) is 0.988. The van der Waals surface area contributed by atoms with Gasteiger partial charge in [0.25, 0.3) is 0 Å². The first-order valence-electron chi connectivity index (χ1n) is 10.8. The zero-order valence-corrected chi connectivity index (χ0v) is 17.6. The smallest absolute Gasteiger partial charge is 0.318 e. The Bertz CT molecular complexity index is 997. The molecule has 2 heterocycles. The van der Waals surface area contributed by atoms with Gasteiger partial charge in [-0.2, -0.15) is 9.97 Å². The fourth-order valence-corrected chi connectivity index (χ4v) is 5.50. The van der Waals surface area contributed by atoms with Gasteiger partial charge < -0.3 is 14.5 Å². The molecule has 156 valence electrons. The molecule has 2 aliphatic carbocycles. The van der Waals surface area contributed by atoms with E-state index in [0.29, 0.717) is 19.1 Å². The number of anilines is 1. The molecule has 0 bridgehead atoms.